The van der Waals surface area contributed by atoms with Crippen molar-refractivity contribution in [3.05, 3.63) is 35.9 Å². The Hall–Kier alpha value is -0.900. The van der Waals surface area contributed by atoms with Crippen LogP contribution in [0.25, 0.3) is 0 Å². The number of hydrogen-bond donors (Lipinski definition) is 2. The van der Waals surface area contributed by atoms with Gasteiger partial charge in [0.1, 0.15) is 6.10 Å². The van der Waals surface area contributed by atoms with Gasteiger partial charge in [-0.1, -0.05) is 30.3 Å². The highest BCUT2D eigenvalue weighted by molar-refractivity contribution is 5.16. The van der Waals surface area contributed by atoms with E-state index in [0.717, 1.165) is 6.42 Å². The highest BCUT2D eigenvalue weighted by Crippen LogP contribution is 2.23. The summed E-state index contributed by atoms with van der Waals surface area (Å²) in [5.74, 6) is 0. The van der Waals surface area contributed by atoms with Gasteiger partial charge in [0.15, 0.2) is 6.29 Å². The Balaban J connectivity index is 1.91. The van der Waals surface area contributed by atoms with Crippen molar-refractivity contribution in [3.8, 4) is 0 Å². The van der Waals surface area contributed by atoms with Gasteiger partial charge in [0.05, 0.1) is 0 Å². The highest BCUT2D eigenvalue weighted by Gasteiger charge is 2.41. The van der Waals surface area contributed by atoms with Crippen LogP contribution in [0.4, 0.5) is 0 Å². The van der Waals surface area contributed by atoms with Crippen LogP contribution in [0.15, 0.2) is 30.3 Å². The van der Waals surface area contributed by atoms with Gasteiger partial charge in [-0.3, -0.25) is 0 Å². The molecule has 13 heavy (non-hydrogen) atoms. The summed E-state index contributed by atoms with van der Waals surface area (Å²) in [5, 5.41) is 8.97. The monoisotopic (exact) mass is 179 g/mol. The maximum Gasteiger partial charge on any atom is 0.183 e. The molecule has 1 aliphatic rings. The van der Waals surface area contributed by atoms with Gasteiger partial charge < -0.3 is 15.6 Å². The van der Waals surface area contributed by atoms with E-state index in [0.29, 0.717) is 0 Å². The first-order chi connectivity index (χ1) is 6.27. The van der Waals surface area contributed by atoms with Crippen LogP contribution < -0.4 is 5.73 Å². The molecule has 1 aromatic rings. The summed E-state index contributed by atoms with van der Waals surface area (Å²) < 4.78 is 4.88. The van der Waals surface area contributed by atoms with E-state index in [9.17, 15) is 0 Å². The molecular formula is C10H13NO2. The summed E-state index contributed by atoms with van der Waals surface area (Å²) in [7, 11) is 0. The summed E-state index contributed by atoms with van der Waals surface area (Å²) >= 11 is 0. The molecule has 3 N–H and O–H groups in total. The minimum absolute atomic E-state index is 0.0996. The van der Waals surface area contributed by atoms with Crippen LogP contribution in [-0.4, -0.2) is 23.5 Å². The minimum Gasteiger partial charge on any atom is -0.366 e. The molecule has 1 heterocycles. The average molecular weight is 179 g/mol. The number of aliphatic hydroxyl groups excluding tert-OH is 1. The molecule has 0 saturated carbocycles. The summed E-state index contributed by atoms with van der Waals surface area (Å²) in [4.78, 5) is 0. The highest BCUT2D eigenvalue weighted by atomic mass is 16.7. The van der Waals surface area contributed by atoms with E-state index in [-0.39, 0.29) is 12.1 Å². The van der Waals surface area contributed by atoms with Crippen LogP contribution in [0.3, 0.4) is 0 Å². The van der Waals surface area contributed by atoms with Crippen molar-refractivity contribution in [3.63, 3.8) is 0 Å². The van der Waals surface area contributed by atoms with Crippen molar-refractivity contribution >= 4 is 0 Å². The fraction of sp³-hybridized carbons (Fsp3) is 0.400. The molecule has 2 rings (SSSR count). The van der Waals surface area contributed by atoms with Gasteiger partial charge in [0, 0.05) is 6.04 Å². The molecule has 0 amide bonds. The van der Waals surface area contributed by atoms with Gasteiger partial charge >= 0.3 is 0 Å². The number of aliphatic hydroxyl groups is 1. The van der Waals surface area contributed by atoms with Crippen molar-refractivity contribution in [1.29, 1.82) is 0 Å². The van der Waals surface area contributed by atoms with Crippen LogP contribution in [0, 0.1) is 0 Å². The molecule has 3 unspecified atom stereocenters. The SMILES string of the molecule is NC(Cc1ccccc1)C1OC1O. The van der Waals surface area contributed by atoms with E-state index >= 15 is 0 Å². The molecule has 3 nitrogen and oxygen atoms in total. The molecule has 3 heteroatoms. The standard InChI is InChI=1S/C10H13NO2/c11-8(9-10(12)13-9)6-7-4-2-1-3-5-7/h1-5,8-10,12H,6,11H2. The lowest BCUT2D eigenvalue weighted by Gasteiger charge is -2.07. The van der Waals surface area contributed by atoms with Gasteiger partial charge in [0.2, 0.25) is 0 Å². The number of epoxide rings is 1. The third kappa shape index (κ3) is 2.06. The lowest BCUT2D eigenvalue weighted by Crippen LogP contribution is -2.30. The number of hydrogen-bond acceptors (Lipinski definition) is 3. The van der Waals surface area contributed by atoms with Crippen LogP contribution in [-0.2, 0) is 11.2 Å². The van der Waals surface area contributed by atoms with Crippen LogP contribution >= 0.6 is 0 Å². The largest absolute Gasteiger partial charge is 0.366 e. The van der Waals surface area contributed by atoms with Gasteiger partial charge in [-0.15, -0.1) is 0 Å². The Morgan fingerprint density at radius 1 is 1.38 bits per heavy atom. The van der Waals surface area contributed by atoms with E-state index in [4.69, 9.17) is 15.6 Å². The number of ether oxygens (including phenoxy) is 1. The number of nitrogens with two attached hydrogens (primary N) is 1. The van der Waals surface area contributed by atoms with Gasteiger partial charge in [0.25, 0.3) is 0 Å². The Labute approximate surface area is 77.1 Å². The first-order valence-corrected chi connectivity index (χ1v) is 4.40. The first kappa shape index (κ1) is 8.69. The summed E-state index contributed by atoms with van der Waals surface area (Å²) in [6.45, 7) is 0. The fourth-order valence-electron chi connectivity index (χ4n) is 1.43. The third-order valence-corrected chi connectivity index (χ3v) is 2.24. The zero-order valence-electron chi connectivity index (χ0n) is 7.26. The van der Waals surface area contributed by atoms with Crippen molar-refractivity contribution < 1.29 is 9.84 Å². The molecule has 1 aromatic carbocycles. The average Bonchev–Trinajstić information content (AvgIpc) is 2.84. The second-order valence-corrected chi connectivity index (χ2v) is 3.34. The van der Waals surface area contributed by atoms with Crippen LogP contribution in [0.1, 0.15) is 5.56 Å². The lowest BCUT2D eigenvalue weighted by molar-refractivity contribution is 0.155. The van der Waals surface area contributed by atoms with E-state index in [2.05, 4.69) is 0 Å². The molecule has 1 saturated heterocycles. The predicted molar refractivity (Wildman–Crippen MR) is 49.0 cm³/mol. The van der Waals surface area contributed by atoms with E-state index in [1.165, 1.54) is 5.56 Å². The zero-order valence-corrected chi connectivity index (χ0v) is 7.26. The van der Waals surface area contributed by atoms with E-state index < -0.39 is 6.29 Å². The van der Waals surface area contributed by atoms with Gasteiger partial charge in [-0.25, -0.2) is 0 Å². The molecule has 1 fully saturated rings. The minimum atomic E-state index is -0.640. The topological polar surface area (TPSA) is 58.8 Å². The second kappa shape index (κ2) is 3.46. The normalized spacial score (nSPS) is 28.5. The quantitative estimate of drug-likeness (QED) is 0.655. The maximum absolute atomic E-state index is 8.97. The van der Waals surface area contributed by atoms with Crippen molar-refractivity contribution in [1.82, 2.24) is 0 Å². The molecular weight excluding hydrogens is 166 g/mol. The van der Waals surface area contributed by atoms with Crippen LogP contribution in [0.5, 0.6) is 0 Å². The number of rotatable bonds is 3. The molecule has 3 atom stereocenters. The molecule has 0 spiro atoms. The second-order valence-electron chi connectivity index (χ2n) is 3.34. The zero-order chi connectivity index (χ0) is 9.26. The lowest BCUT2D eigenvalue weighted by atomic mass is 10.0. The Bertz CT molecular complexity index is 276. The molecule has 70 valence electrons. The molecule has 1 aliphatic heterocycles. The van der Waals surface area contributed by atoms with Crippen LogP contribution in [0.2, 0.25) is 0 Å². The predicted octanol–water partition coefficient (Wildman–Crippen LogP) is 0.274. The van der Waals surface area contributed by atoms with Crippen molar-refractivity contribution in [2.45, 2.75) is 24.9 Å². The Kier molecular flexibility index (Phi) is 2.31. The van der Waals surface area contributed by atoms with Gasteiger partial charge in [-0.05, 0) is 12.0 Å². The van der Waals surface area contributed by atoms with E-state index in [1.54, 1.807) is 0 Å². The summed E-state index contributed by atoms with van der Waals surface area (Å²) in [6.07, 6.45) is -0.0540. The molecule has 0 aromatic heterocycles. The first-order valence-electron chi connectivity index (χ1n) is 4.40. The van der Waals surface area contributed by atoms with Crippen molar-refractivity contribution in [2.75, 3.05) is 0 Å². The summed E-state index contributed by atoms with van der Waals surface area (Å²) in [5.41, 5.74) is 6.99. The smallest absolute Gasteiger partial charge is 0.183 e. The molecule has 0 bridgehead atoms. The van der Waals surface area contributed by atoms with Gasteiger partial charge in [-0.2, -0.15) is 0 Å². The Morgan fingerprint density at radius 2 is 2.00 bits per heavy atom. The Morgan fingerprint density at radius 3 is 2.54 bits per heavy atom. The molecule has 0 radical (unpaired) electrons. The number of benzene rings is 1. The third-order valence-electron chi connectivity index (χ3n) is 2.24. The maximum atomic E-state index is 8.97. The van der Waals surface area contributed by atoms with E-state index in [1.807, 2.05) is 30.3 Å². The summed E-state index contributed by atoms with van der Waals surface area (Å²) in [6, 6.07) is 9.87. The molecule has 0 aliphatic carbocycles. The van der Waals surface area contributed by atoms with Crippen molar-refractivity contribution in [2.24, 2.45) is 5.73 Å². The fourth-order valence-corrected chi connectivity index (χ4v) is 1.43.